The zero-order chi connectivity index (χ0) is 15.6. The normalized spacial score (nSPS) is 12.5. The summed E-state index contributed by atoms with van der Waals surface area (Å²) >= 11 is 5.99. The van der Waals surface area contributed by atoms with Crippen LogP contribution in [0.15, 0.2) is 30.3 Å². The molecule has 6 heteroatoms. The van der Waals surface area contributed by atoms with Gasteiger partial charge in [0, 0.05) is 22.7 Å². The van der Waals surface area contributed by atoms with E-state index >= 15 is 0 Å². The molecule has 0 bridgehead atoms. The van der Waals surface area contributed by atoms with Gasteiger partial charge in [-0.15, -0.1) is 0 Å². The van der Waals surface area contributed by atoms with Crippen molar-refractivity contribution in [3.63, 3.8) is 0 Å². The third-order valence-electron chi connectivity index (χ3n) is 3.01. The molecular formula is C15H12ClF4N. The van der Waals surface area contributed by atoms with Crippen molar-refractivity contribution in [2.45, 2.75) is 13.0 Å². The van der Waals surface area contributed by atoms with E-state index in [0.717, 1.165) is 12.1 Å². The van der Waals surface area contributed by atoms with Crippen molar-refractivity contribution >= 4 is 11.6 Å². The van der Waals surface area contributed by atoms with Gasteiger partial charge in [0.15, 0.2) is 0 Å². The van der Waals surface area contributed by atoms with E-state index in [9.17, 15) is 17.6 Å². The first-order chi connectivity index (χ1) is 9.93. The standard InChI is InChI=1S/C15H12ClF4N/c1-2-21-15(10-5-8(17)3-4-11(10)16)14-12(19)6-9(18)7-13(14)20/h3-7,15,21H,2H2,1H3. The molecule has 1 unspecified atom stereocenters. The second kappa shape index (κ2) is 6.45. The highest BCUT2D eigenvalue weighted by molar-refractivity contribution is 6.31. The topological polar surface area (TPSA) is 12.0 Å². The third kappa shape index (κ3) is 3.36. The molecule has 2 aromatic rings. The fourth-order valence-electron chi connectivity index (χ4n) is 2.14. The summed E-state index contributed by atoms with van der Waals surface area (Å²) in [7, 11) is 0. The Balaban J connectivity index is 2.61. The summed E-state index contributed by atoms with van der Waals surface area (Å²) in [5.74, 6) is -3.72. The molecule has 0 fully saturated rings. The van der Waals surface area contributed by atoms with Crippen molar-refractivity contribution in [2.75, 3.05) is 6.54 Å². The molecule has 2 rings (SSSR count). The highest BCUT2D eigenvalue weighted by atomic mass is 35.5. The smallest absolute Gasteiger partial charge is 0.134 e. The molecule has 0 aromatic heterocycles. The molecular weight excluding hydrogens is 306 g/mol. The molecule has 0 spiro atoms. The quantitative estimate of drug-likeness (QED) is 0.813. The van der Waals surface area contributed by atoms with Crippen LogP contribution < -0.4 is 5.32 Å². The molecule has 0 aliphatic rings. The molecule has 21 heavy (non-hydrogen) atoms. The van der Waals surface area contributed by atoms with E-state index in [0.29, 0.717) is 18.7 Å². The van der Waals surface area contributed by atoms with Gasteiger partial charge in [-0.1, -0.05) is 18.5 Å². The van der Waals surface area contributed by atoms with Crippen molar-refractivity contribution in [1.29, 1.82) is 0 Å². The molecule has 0 saturated heterocycles. The molecule has 112 valence electrons. The first kappa shape index (κ1) is 15.8. The number of hydrogen-bond acceptors (Lipinski definition) is 1. The van der Waals surface area contributed by atoms with E-state index in [-0.39, 0.29) is 10.6 Å². The lowest BCUT2D eigenvalue weighted by Gasteiger charge is -2.21. The summed E-state index contributed by atoms with van der Waals surface area (Å²) in [6.07, 6.45) is 0. The van der Waals surface area contributed by atoms with E-state index in [1.54, 1.807) is 6.92 Å². The summed E-state index contributed by atoms with van der Waals surface area (Å²) < 4.78 is 54.3. The number of nitrogens with one attached hydrogen (secondary N) is 1. The maximum absolute atomic E-state index is 13.9. The summed E-state index contributed by atoms with van der Waals surface area (Å²) in [6.45, 7) is 2.08. The molecule has 1 N–H and O–H groups in total. The van der Waals surface area contributed by atoms with E-state index in [1.165, 1.54) is 6.07 Å². The van der Waals surface area contributed by atoms with Gasteiger partial charge in [0.2, 0.25) is 0 Å². The summed E-state index contributed by atoms with van der Waals surface area (Å²) in [5, 5.41) is 2.99. The van der Waals surface area contributed by atoms with Crippen molar-refractivity contribution in [3.05, 3.63) is 69.8 Å². The van der Waals surface area contributed by atoms with Crippen molar-refractivity contribution in [2.24, 2.45) is 0 Å². The zero-order valence-electron chi connectivity index (χ0n) is 11.1. The Bertz CT molecular complexity index is 637. The highest BCUT2D eigenvalue weighted by Gasteiger charge is 2.24. The van der Waals surface area contributed by atoms with Gasteiger partial charge >= 0.3 is 0 Å². The zero-order valence-corrected chi connectivity index (χ0v) is 11.8. The number of rotatable bonds is 4. The second-order valence-corrected chi connectivity index (χ2v) is 4.85. The van der Waals surface area contributed by atoms with Crippen LogP contribution in [0.3, 0.4) is 0 Å². The van der Waals surface area contributed by atoms with Gasteiger partial charge < -0.3 is 5.32 Å². The van der Waals surface area contributed by atoms with Crippen LogP contribution in [-0.4, -0.2) is 6.54 Å². The lowest BCUT2D eigenvalue weighted by molar-refractivity contribution is 0.490. The van der Waals surface area contributed by atoms with E-state index in [4.69, 9.17) is 11.6 Å². The van der Waals surface area contributed by atoms with Crippen LogP contribution in [0.5, 0.6) is 0 Å². The molecule has 0 saturated carbocycles. The van der Waals surface area contributed by atoms with Gasteiger partial charge in [0.25, 0.3) is 0 Å². The fraction of sp³-hybridized carbons (Fsp3) is 0.200. The molecule has 0 aliphatic carbocycles. The molecule has 0 aliphatic heterocycles. The fourth-order valence-corrected chi connectivity index (χ4v) is 2.36. The van der Waals surface area contributed by atoms with Gasteiger partial charge in [-0.3, -0.25) is 0 Å². The summed E-state index contributed by atoms with van der Waals surface area (Å²) in [5.41, 5.74) is -0.214. The van der Waals surface area contributed by atoms with Gasteiger partial charge in [0.1, 0.15) is 23.3 Å². The maximum atomic E-state index is 13.9. The second-order valence-electron chi connectivity index (χ2n) is 4.44. The predicted octanol–water partition coefficient (Wildman–Crippen LogP) is 4.60. The highest BCUT2D eigenvalue weighted by Crippen LogP contribution is 2.32. The Morgan fingerprint density at radius 2 is 1.62 bits per heavy atom. The van der Waals surface area contributed by atoms with Gasteiger partial charge in [-0.25, -0.2) is 17.6 Å². The van der Waals surface area contributed by atoms with E-state index < -0.39 is 34.9 Å². The van der Waals surface area contributed by atoms with Crippen LogP contribution >= 0.6 is 11.6 Å². The Hall–Kier alpha value is -1.59. The monoisotopic (exact) mass is 317 g/mol. The maximum Gasteiger partial charge on any atom is 0.134 e. The molecule has 0 amide bonds. The number of hydrogen-bond donors (Lipinski definition) is 1. The van der Waals surface area contributed by atoms with Crippen LogP contribution in [-0.2, 0) is 0 Å². The minimum absolute atomic E-state index is 0.158. The first-order valence-electron chi connectivity index (χ1n) is 6.26. The van der Waals surface area contributed by atoms with Crippen molar-refractivity contribution < 1.29 is 17.6 Å². The first-order valence-corrected chi connectivity index (χ1v) is 6.64. The molecule has 0 heterocycles. The summed E-state index contributed by atoms with van der Waals surface area (Å²) in [6, 6.07) is 3.69. The van der Waals surface area contributed by atoms with Crippen molar-refractivity contribution in [1.82, 2.24) is 5.32 Å². The van der Waals surface area contributed by atoms with Gasteiger partial charge in [-0.05, 0) is 30.3 Å². The third-order valence-corrected chi connectivity index (χ3v) is 3.35. The molecule has 2 aromatic carbocycles. The van der Waals surface area contributed by atoms with Crippen LogP contribution in [0.4, 0.5) is 17.6 Å². The molecule has 0 radical (unpaired) electrons. The van der Waals surface area contributed by atoms with Crippen LogP contribution in [0, 0.1) is 23.3 Å². The van der Waals surface area contributed by atoms with Crippen molar-refractivity contribution in [3.8, 4) is 0 Å². The largest absolute Gasteiger partial charge is 0.306 e. The lowest BCUT2D eigenvalue weighted by atomic mass is 9.97. The average Bonchev–Trinajstić information content (AvgIpc) is 2.39. The minimum Gasteiger partial charge on any atom is -0.306 e. The SMILES string of the molecule is CCNC(c1cc(F)ccc1Cl)c1c(F)cc(F)cc1F. The Morgan fingerprint density at radius 1 is 1.00 bits per heavy atom. The van der Waals surface area contributed by atoms with E-state index in [1.807, 2.05) is 0 Å². The lowest BCUT2D eigenvalue weighted by Crippen LogP contribution is -2.24. The predicted molar refractivity (Wildman–Crippen MR) is 73.2 cm³/mol. The number of halogens is 5. The van der Waals surface area contributed by atoms with E-state index in [2.05, 4.69) is 5.32 Å². The Labute approximate surface area is 124 Å². The molecule has 1 atom stereocenters. The summed E-state index contributed by atoms with van der Waals surface area (Å²) in [4.78, 5) is 0. The van der Waals surface area contributed by atoms with Gasteiger partial charge in [-0.2, -0.15) is 0 Å². The number of benzene rings is 2. The van der Waals surface area contributed by atoms with Crippen LogP contribution in [0.1, 0.15) is 24.1 Å². The van der Waals surface area contributed by atoms with Gasteiger partial charge in [0.05, 0.1) is 6.04 Å². The van der Waals surface area contributed by atoms with Crippen LogP contribution in [0.25, 0.3) is 0 Å². The Kier molecular flexibility index (Phi) is 4.85. The molecule has 1 nitrogen and oxygen atoms in total. The Morgan fingerprint density at radius 3 is 2.19 bits per heavy atom. The van der Waals surface area contributed by atoms with Crippen LogP contribution in [0.2, 0.25) is 5.02 Å². The average molecular weight is 318 g/mol. The minimum atomic E-state index is -1.06.